The molecule has 4 heteroatoms. The van der Waals surface area contributed by atoms with Gasteiger partial charge in [-0.3, -0.25) is 4.79 Å². The Morgan fingerprint density at radius 1 is 1.69 bits per heavy atom. The van der Waals surface area contributed by atoms with Crippen LogP contribution in [0, 0.1) is 17.2 Å². The predicted octanol–water partition coefficient (Wildman–Crippen LogP) is 2.05. The monoisotopic (exact) mass is 234 g/mol. The van der Waals surface area contributed by atoms with E-state index in [9.17, 15) is 4.79 Å². The molecule has 1 atom stereocenters. The Kier molecular flexibility index (Phi) is 3.58. The normalized spacial score (nSPS) is 20.4. The number of amides is 1. The fraction of sp³-hybridized carbons (Fsp3) is 0.500. The first kappa shape index (κ1) is 11.2. The van der Waals surface area contributed by atoms with E-state index in [2.05, 4.69) is 6.07 Å². The van der Waals surface area contributed by atoms with E-state index in [1.54, 1.807) is 11.3 Å². The maximum absolute atomic E-state index is 12.0. The first-order valence-electron chi connectivity index (χ1n) is 5.49. The SMILES string of the molecule is N#CC1CCCN(C(=O)Cc2cccs2)C1. The molecule has 1 fully saturated rings. The minimum Gasteiger partial charge on any atom is -0.341 e. The highest BCUT2D eigenvalue weighted by Crippen LogP contribution is 2.17. The molecular weight excluding hydrogens is 220 g/mol. The van der Waals surface area contributed by atoms with Crippen molar-refractivity contribution in [3.05, 3.63) is 22.4 Å². The number of nitrogens with zero attached hydrogens (tertiary/aromatic N) is 2. The molecule has 0 aromatic carbocycles. The van der Waals surface area contributed by atoms with Crippen LogP contribution >= 0.6 is 11.3 Å². The highest BCUT2D eigenvalue weighted by atomic mass is 32.1. The summed E-state index contributed by atoms with van der Waals surface area (Å²) >= 11 is 1.61. The minimum atomic E-state index is 0.0287. The molecule has 1 unspecified atom stereocenters. The first-order chi connectivity index (χ1) is 7.79. The van der Waals surface area contributed by atoms with Crippen LogP contribution in [0.4, 0.5) is 0 Å². The molecule has 0 aliphatic carbocycles. The van der Waals surface area contributed by atoms with E-state index in [1.165, 1.54) is 0 Å². The van der Waals surface area contributed by atoms with Gasteiger partial charge in [0.2, 0.25) is 5.91 Å². The Morgan fingerprint density at radius 2 is 2.56 bits per heavy atom. The van der Waals surface area contributed by atoms with E-state index in [4.69, 9.17) is 5.26 Å². The van der Waals surface area contributed by atoms with Crippen LogP contribution < -0.4 is 0 Å². The van der Waals surface area contributed by atoms with E-state index < -0.39 is 0 Å². The molecule has 0 radical (unpaired) electrons. The summed E-state index contributed by atoms with van der Waals surface area (Å²) in [6, 6.07) is 6.20. The van der Waals surface area contributed by atoms with E-state index in [0.29, 0.717) is 13.0 Å². The third kappa shape index (κ3) is 2.61. The van der Waals surface area contributed by atoms with Crippen LogP contribution in [0.3, 0.4) is 0 Å². The molecule has 16 heavy (non-hydrogen) atoms. The van der Waals surface area contributed by atoms with Gasteiger partial charge in [-0.25, -0.2) is 0 Å². The third-order valence-electron chi connectivity index (χ3n) is 2.86. The number of likely N-dealkylation sites (tertiary alicyclic amines) is 1. The van der Waals surface area contributed by atoms with E-state index in [-0.39, 0.29) is 11.8 Å². The Hall–Kier alpha value is -1.34. The lowest BCUT2D eigenvalue weighted by atomic mass is 9.99. The maximum atomic E-state index is 12.0. The zero-order valence-electron chi connectivity index (χ0n) is 9.06. The summed E-state index contributed by atoms with van der Waals surface area (Å²) in [6.07, 6.45) is 2.36. The van der Waals surface area contributed by atoms with Gasteiger partial charge < -0.3 is 4.90 Å². The first-order valence-corrected chi connectivity index (χ1v) is 6.37. The van der Waals surface area contributed by atoms with Crippen molar-refractivity contribution >= 4 is 17.2 Å². The lowest BCUT2D eigenvalue weighted by molar-refractivity contribution is -0.131. The average Bonchev–Trinajstić information content (AvgIpc) is 2.82. The van der Waals surface area contributed by atoms with Gasteiger partial charge in [-0.2, -0.15) is 5.26 Å². The summed E-state index contributed by atoms with van der Waals surface area (Å²) in [4.78, 5) is 14.9. The molecule has 0 spiro atoms. The van der Waals surface area contributed by atoms with Crippen LogP contribution in [-0.4, -0.2) is 23.9 Å². The van der Waals surface area contributed by atoms with E-state index in [0.717, 1.165) is 24.3 Å². The lowest BCUT2D eigenvalue weighted by Crippen LogP contribution is -2.40. The Balaban J connectivity index is 1.92. The van der Waals surface area contributed by atoms with Crippen LogP contribution in [0.2, 0.25) is 0 Å². The fourth-order valence-corrected chi connectivity index (χ4v) is 2.68. The van der Waals surface area contributed by atoms with Crippen molar-refractivity contribution in [2.75, 3.05) is 13.1 Å². The number of thiophene rings is 1. The molecule has 1 aromatic heterocycles. The molecule has 1 aliphatic heterocycles. The summed E-state index contributed by atoms with van der Waals surface area (Å²) in [5.74, 6) is 0.184. The summed E-state index contributed by atoms with van der Waals surface area (Å²) in [5, 5.41) is 10.8. The van der Waals surface area contributed by atoms with Gasteiger partial charge in [0, 0.05) is 18.0 Å². The molecule has 2 heterocycles. The summed E-state index contributed by atoms with van der Waals surface area (Å²) in [6.45, 7) is 1.42. The quantitative estimate of drug-likeness (QED) is 0.786. The number of rotatable bonds is 2. The van der Waals surface area contributed by atoms with Crippen molar-refractivity contribution in [2.45, 2.75) is 19.3 Å². The van der Waals surface area contributed by atoms with Gasteiger partial charge in [0.1, 0.15) is 0 Å². The number of carbonyl (C=O) groups is 1. The van der Waals surface area contributed by atoms with Gasteiger partial charge in [0.05, 0.1) is 18.4 Å². The Bertz CT molecular complexity index is 394. The van der Waals surface area contributed by atoms with E-state index >= 15 is 0 Å². The average molecular weight is 234 g/mol. The number of nitriles is 1. The molecule has 0 bridgehead atoms. The molecule has 3 nitrogen and oxygen atoms in total. The highest BCUT2D eigenvalue weighted by molar-refractivity contribution is 7.10. The van der Waals surface area contributed by atoms with Crippen molar-refractivity contribution in [1.82, 2.24) is 4.90 Å². The van der Waals surface area contributed by atoms with Crippen molar-refractivity contribution < 1.29 is 4.79 Å². The lowest BCUT2D eigenvalue weighted by Gasteiger charge is -2.29. The summed E-state index contributed by atoms with van der Waals surface area (Å²) < 4.78 is 0. The molecule has 1 aromatic rings. The fourth-order valence-electron chi connectivity index (χ4n) is 1.98. The summed E-state index contributed by atoms with van der Waals surface area (Å²) in [5.41, 5.74) is 0. The summed E-state index contributed by atoms with van der Waals surface area (Å²) in [7, 11) is 0. The number of hydrogen-bond donors (Lipinski definition) is 0. The second-order valence-corrected chi connectivity index (χ2v) is 5.10. The zero-order valence-corrected chi connectivity index (χ0v) is 9.87. The molecule has 1 amide bonds. The van der Waals surface area contributed by atoms with Gasteiger partial charge >= 0.3 is 0 Å². The van der Waals surface area contributed by atoms with Crippen LogP contribution in [-0.2, 0) is 11.2 Å². The third-order valence-corrected chi connectivity index (χ3v) is 3.74. The van der Waals surface area contributed by atoms with Crippen LogP contribution in [0.5, 0.6) is 0 Å². The van der Waals surface area contributed by atoms with Crippen molar-refractivity contribution in [2.24, 2.45) is 5.92 Å². The topological polar surface area (TPSA) is 44.1 Å². The highest BCUT2D eigenvalue weighted by Gasteiger charge is 2.23. The van der Waals surface area contributed by atoms with Gasteiger partial charge in [-0.15, -0.1) is 11.3 Å². The predicted molar refractivity (Wildman–Crippen MR) is 62.9 cm³/mol. The van der Waals surface area contributed by atoms with Crippen molar-refractivity contribution in [1.29, 1.82) is 5.26 Å². The second kappa shape index (κ2) is 5.13. The Labute approximate surface area is 99.3 Å². The van der Waals surface area contributed by atoms with Crippen molar-refractivity contribution in [3.8, 4) is 6.07 Å². The molecule has 84 valence electrons. The van der Waals surface area contributed by atoms with Crippen LogP contribution in [0.15, 0.2) is 17.5 Å². The van der Waals surface area contributed by atoms with Gasteiger partial charge in [-0.05, 0) is 24.3 Å². The maximum Gasteiger partial charge on any atom is 0.227 e. The smallest absolute Gasteiger partial charge is 0.227 e. The van der Waals surface area contributed by atoms with Gasteiger partial charge in [0.25, 0.3) is 0 Å². The number of piperidine rings is 1. The molecule has 0 saturated carbocycles. The standard InChI is InChI=1S/C12H14N2OS/c13-8-10-3-1-5-14(9-10)12(15)7-11-4-2-6-16-11/h2,4,6,10H,1,3,5,7,9H2. The minimum absolute atomic E-state index is 0.0287. The Morgan fingerprint density at radius 3 is 3.25 bits per heavy atom. The molecule has 0 N–H and O–H groups in total. The van der Waals surface area contributed by atoms with Crippen LogP contribution in [0.25, 0.3) is 0 Å². The second-order valence-electron chi connectivity index (χ2n) is 4.06. The number of carbonyl (C=O) groups excluding carboxylic acids is 1. The number of hydrogen-bond acceptors (Lipinski definition) is 3. The zero-order chi connectivity index (χ0) is 11.4. The largest absolute Gasteiger partial charge is 0.341 e. The molecular formula is C12H14N2OS. The van der Waals surface area contributed by atoms with Gasteiger partial charge in [-0.1, -0.05) is 6.07 Å². The van der Waals surface area contributed by atoms with Crippen molar-refractivity contribution in [3.63, 3.8) is 0 Å². The van der Waals surface area contributed by atoms with Gasteiger partial charge in [0.15, 0.2) is 0 Å². The molecule has 1 saturated heterocycles. The van der Waals surface area contributed by atoms with Crippen LogP contribution in [0.1, 0.15) is 17.7 Å². The van der Waals surface area contributed by atoms with E-state index in [1.807, 2.05) is 22.4 Å². The molecule has 2 rings (SSSR count). The molecule has 1 aliphatic rings.